The topological polar surface area (TPSA) is 192 Å². The Morgan fingerprint density at radius 2 is 1.04 bits per heavy atom. The summed E-state index contributed by atoms with van der Waals surface area (Å²) in [5.74, 6) is -0.320. The number of carbonyl (C=O) groups is 4. The zero-order valence-electron chi connectivity index (χ0n) is 26.9. The fourth-order valence-electron chi connectivity index (χ4n) is 4.85. The average Bonchev–Trinajstić information content (AvgIpc) is 3.73. The van der Waals surface area contributed by atoms with Crippen LogP contribution in [0.5, 0.6) is 11.5 Å². The molecule has 0 aliphatic heterocycles. The Morgan fingerprint density at radius 3 is 1.46 bits per heavy atom. The predicted octanol–water partition coefficient (Wildman–Crippen LogP) is 4.50. The lowest BCUT2D eigenvalue weighted by Gasteiger charge is -2.09. The molecule has 4 aromatic carbocycles. The molecule has 2 heterocycles. The molecular formula is C34H32N8O6S2. The van der Waals surface area contributed by atoms with E-state index in [2.05, 4.69) is 41.6 Å². The van der Waals surface area contributed by atoms with E-state index in [1.165, 1.54) is 23.5 Å². The number of imidazole rings is 2. The second-order valence-electron chi connectivity index (χ2n) is 10.7. The third kappa shape index (κ3) is 8.45. The van der Waals surface area contributed by atoms with Gasteiger partial charge >= 0.3 is 0 Å². The third-order valence-electron chi connectivity index (χ3n) is 7.16. The molecule has 6 N–H and O–H groups in total. The number of hydrogen-bond acceptors (Lipinski definition) is 10. The highest BCUT2D eigenvalue weighted by Crippen LogP contribution is 2.25. The fourth-order valence-corrected chi connectivity index (χ4v) is 6.22. The van der Waals surface area contributed by atoms with Gasteiger partial charge in [-0.05, 0) is 73.2 Å². The van der Waals surface area contributed by atoms with Crippen molar-refractivity contribution < 1.29 is 28.7 Å². The molecule has 14 nitrogen and oxygen atoms in total. The second kappa shape index (κ2) is 15.7. The lowest BCUT2D eigenvalue weighted by atomic mass is 10.0. The van der Waals surface area contributed by atoms with Gasteiger partial charge < -0.3 is 19.4 Å². The quantitative estimate of drug-likeness (QED) is 0.0778. The van der Waals surface area contributed by atoms with Gasteiger partial charge in [-0.2, -0.15) is 0 Å². The van der Waals surface area contributed by atoms with Crippen molar-refractivity contribution in [3.63, 3.8) is 0 Å². The molecule has 256 valence electrons. The monoisotopic (exact) mass is 712 g/mol. The van der Waals surface area contributed by atoms with Crippen LogP contribution in [0, 0.1) is 0 Å². The van der Waals surface area contributed by atoms with Crippen molar-refractivity contribution in [3.05, 3.63) is 83.9 Å². The number of hydrogen-bond donors (Lipinski definition) is 6. The van der Waals surface area contributed by atoms with Crippen LogP contribution in [0.25, 0.3) is 32.8 Å². The van der Waals surface area contributed by atoms with Crippen molar-refractivity contribution in [2.75, 3.05) is 24.7 Å². The Labute approximate surface area is 293 Å². The Kier molecular flexibility index (Phi) is 10.7. The molecular weight excluding hydrogens is 681 g/mol. The summed E-state index contributed by atoms with van der Waals surface area (Å²) in [5, 5.41) is 2.53. The first-order chi connectivity index (χ1) is 24.3. The molecule has 0 aliphatic carbocycles. The average molecular weight is 713 g/mol. The Balaban J connectivity index is 0.951. The van der Waals surface area contributed by atoms with Crippen LogP contribution in [0.4, 0.5) is 0 Å². The Hall–Kier alpha value is -5.74. The minimum Gasteiger partial charge on any atom is -0.494 e. The van der Waals surface area contributed by atoms with Gasteiger partial charge in [-0.25, -0.2) is 9.97 Å². The van der Waals surface area contributed by atoms with Crippen molar-refractivity contribution in [3.8, 4) is 11.5 Å². The summed E-state index contributed by atoms with van der Waals surface area (Å²) in [7, 11) is 0. The van der Waals surface area contributed by atoms with Gasteiger partial charge in [-0.3, -0.25) is 40.9 Å². The van der Waals surface area contributed by atoms with Gasteiger partial charge in [-0.15, -0.1) is 0 Å². The van der Waals surface area contributed by atoms with Crippen LogP contribution in [0.3, 0.4) is 0 Å². The van der Waals surface area contributed by atoms with Crippen molar-refractivity contribution in [1.82, 2.24) is 41.6 Å². The maximum absolute atomic E-state index is 12.7. The Morgan fingerprint density at radius 1 is 0.600 bits per heavy atom. The minimum absolute atomic E-state index is 0.0254. The molecule has 50 heavy (non-hydrogen) atoms. The molecule has 0 saturated heterocycles. The summed E-state index contributed by atoms with van der Waals surface area (Å²) >= 11 is 2.40. The van der Waals surface area contributed by atoms with E-state index in [1.807, 2.05) is 50.2 Å². The molecule has 16 heteroatoms. The fraction of sp³-hybridized carbons (Fsp3) is 0.176. The molecule has 0 bridgehead atoms. The van der Waals surface area contributed by atoms with Crippen molar-refractivity contribution in [2.24, 2.45) is 0 Å². The zero-order valence-corrected chi connectivity index (χ0v) is 28.6. The molecule has 0 spiro atoms. The van der Waals surface area contributed by atoms with E-state index in [0.717, 1.165) is 33.6 Å². The smallest absolute Gasteiger partial charge is 0.269 e. The van der Waals surface area contributed by atoms with Crippen molar-refractivity contribution in [1.29, 1.82) is 0 Å². The first-order valence-electron chi connectivity index (χ1n) is 15.5. The summed E-state index contributed by atoms with van der Waals surface area (Å²) in [6, 6.07) is 20.9. The number of thioether (sulfide) groups is 2. The maximum atomic E-state index is 12.7. The zero-order chi connectivity index (χ0) is 35.0. The van der Waals surface area contributed by atoms with E-state index in [4.69, 9.17) is 9.47 Å². The number of H-pyrrole nitrogens is 2. The van der Waals surface area contributed by atoms with Crippen LogP contribution in [-0.2, 0) is 9.59 Å². The highest BCUT2D eigenvalue weighted by atomic mass is 32.2. The van der Waals surface area contributed by atoms with Gasteiger partial charge in [0.1, 0.15) is 11.5 Å². The van der Waals surface area contributed by atoms with Gasteiger partial charge in [0.05, 0.1) is 46.8 Å². The highest BCUT2D eigenvalue weighted by Gasteiger charge is 2.14. The highest BCUT2D eigenvalue weighted by molar-refractivity contribution is 8.00. The van der Waals surface area contributed by atoms with Gasteiger partial charge in [0.2, 0.25) is 11.8 Å². The summed E-state index contributed by atoms with van der Waals surface area (Å²) < 4.78 is 11.0. The van der Waals surface area contributed by atoms with Gasteiger partial charge in [0.15, 0.2) is 10.3 Å². The number of carbonyl (C=O) groups excluding carboxylic acids is 4. The number of nitrogens with zero attached hydrogens (tertiary/aromatic N) is 2. The number of aromatic amines is 2. The molecule has 0 radical (unpaired) electrons. The van der Waals surface area contributed by atoms with E-state index >= 15 is 0 Å². The minimum atomic E-state index is -0.502. The van der Waals surface area contributed by atoms with E-state index in [0.29, 0.717) is 45.4 Å². The first-order valence-corrected chi connectivity index (χ1v) is 17.5. The Bertz CT molecular complexity index is 2060. The number of hydrazine groups is 2. The van der Waals surface area contributed by atoms with E-state index in [9.17, 15) is 19.2 Å². The number of aromatic nitrogens is 4. The van der Waals surface area contributed by atoms with Crippen LogP contribution < -0.4 is 31.2 Å². The number of fused-ring (bicyclic) bond motifs is 3. The van der Waals surface area contributed by atoms with E-state index in [-0.39, 0.29) is 11.5 Å². The number of amides is 4. The van der Waals surface area contributed by atoms with Crippen LogP contribution >= 0.6 is 23.5 Å². The molecule has 0 saturated carbocycles. The molecule has 0 fully saturated rings. The second-order valence-corrected chi connectivity index (χ2v) is 12.6. The van der Waals surface area contributed by atoms with Gasteiger partial charge in [0.25, 0.3) is 11.8 Å². The SMILES string of the molecule is CCOc1ccc2nc(SCC(=O)NNC(=O)c3ccc4cc(C(=O)NNC(=O)CSc5nc6ccc(OCC)cc6[nH]5)ccc4c3)[nH]c2c1. The predicted molar refractivity (Wildman–Crippen MR) is 191 cm³/mol. The van der Waals surface area contributed by atoms with Gasteiger partial charge in [0, 0.05) is 23.3 Å². The van der Waals surface area contributed by atoms with Crippen LogP contribution in [0.1, 0.15) is 34.6 Å². The standard InChI is InChI=1S/C34H32N8O6S2/c1-3-47-23-9-11-25-27(15-23)37-33(35-25)49-17-29(43)39-41-31(45)21-7-5-20-14-22(8-6-19(20)13-21)32(46)42-40-30(44)18-50-34-36-26-12-10-24(48-4-2)16-28(26)38-34/h5-16H,3-4,17-18H2,1-2H3,(H,35,37)(H,36,38)(H,39,43)(H,40,44)(H,41,45)(H,42,46). The number of nitrogens with one attached hydrogen (secondary N) is 6. The van der Waals surface area contributed by atoms with Crippen LogP contribution in [0.15, 0.2) is 83.1 Å². The van der Waals surface area contributed by atoms with Crippen molar-refractivity contribution in [2.45, 2.75) is 24.2 Å². The molecule has 2 aromatic heterocycles. The van der Waals surface area contributed by atoms with Gasteiger partial charge in [-0.1, -0.05) is 35.7 Å². The number of benzene rings is 4. The summed E-state index contributed by atoms with van der Waals surface area (Å²) in [5.41, 5.74) is 13.4. The summed E-state index contributed by atoms with van der Waals surface area (Å²) in [6.07, 6.45) is 0. The largest absolute Gasteiger partial charge is 0.494 e. The van der Waals surface area contributed by atoms with E-state index < -0.39 is 23.6 Å². The molecule has 0 aliphatic rings. The number of rotatable bonds is 12. The molecule has 0 atom stereocenters. The van der Waals surface area contributed by atoms with Crippen LogP contribution in [0.2, 0.25) is 0 Å². The molecule has 0 unspecified atom stereocenters. The maximum Gasteiger partial charge on any atom is 0.269 e. The summed E-state index contributed by atoms with van der Waals surface area (Å²) in [4.78, 5) is 65.5. The number of ether oxygens (including phenoxy) is 2. The van der Waals surface area contributed by atoms with Crippen molar-refractivity contribution >= 4 is 80.0 Å². The molecule has 4 amide bonds. The normalized spacial score (nSPS) is 11.0. The summed E-state index contributed by atoms with van der Waals surface area (Å²) in [6.45, 7) is 4.92. The van der Waals surface area contributed by atoms with Crippen LogP contribution in [-0.4, -0.2) is 68.3 Å². The lowest BCUT2D eigenvalue weighted by Crippen LogP contribution is -2.42. The first kappa shape index (κ1) is 34.1. The molecule has 6 aromatic rings. The van der Waals surface area contributed by atoms with E-state index in [1.54, 1.807) is 36.4 Å². The molecule has 6 rings (SSSR count). The lowest BCUT2D eigenvalue weighted by molar-refractivity contribution is -0.120. The third-order valence-corrected chi connectivity index (χ3v) is 8.91.